The van der Waals surface area contributed by atoms with Crippen molar-refractivity contribution < 1.29 is 14.2 Å². The molecule has 2 rings (SSSR count). The molecule has 0 unspecified atom stereocenters. The molecule has 0 aliphatic carbocycles. The second-order valence-corrected chi connectivity index (χ2v) is 6.41. The fraction of sp³-hybridized carbons (Fsp3) is 0.684. The molecule has 0 bridgehead atoms. The van der Waals surface area contributed by atoms with Gasteiger partial charge in [0.1, 0.15) is 5.75 Å². The van der Waals surface area contributed by atoms with Crippen LogP contribution < -0.4 is 4.74 Å². The van der Waals surface area contributed by atoms with Gasteiger partial charge in [-0.05, 0) is 43.9 Å². The molecule has 1 saturated heterocycles. The van der Waals surface area contributed by atoms with Crippen molar-refractivity contribution in [2.45, 2.75) is 64.8 Å². The molecule has 1 aliphatic heterocycles. The van der Waals surface area contributed by atoms with Gasteiger partial charge in [-0.2, -0.15) is 0 Å². The van der Waals surface area contributed by atoms with Crippen molar-refractivity contribution in [3.8, 4) is 5.75 Å². The third kappa shape index (κ3) is 4.47. The first-order valence-corrected chi connectivity index (χ1v) is 8.55. The number of hydrogen-bond donors (Lipinski definition) is 0. The maximum absolute atomic E-state index is 6.34. The largest absolute Gasteiger partial charge is 0.497 e. The Labute approximate surface area is 135 Å². The Balaban J connectivity index is 1.92. The van der Waals surface area contributed by atoms with E-state index in [-0.39, 0.29) is 0 Å². The zero-order valence-electron chi connectivity index (χ0n) is 14.4. The summed E-state index contributed by atoms with van der Waals surface area (Å²) < 4.78 is 17.6. The zero-order valence-corrected chi connectivity index (χ0v) is 14.4. The monoisotopic (exact) mass is 306 g/mol. The first kappa shape index (κ1) is 17.3. The fourth-order valence-electron chi connectivity index (χ4n) is 3.10. The predicted octanol–water partition coefficient (Wildman–Crippen LogP) is 4.59. The van der Waals surface area contributed by atoms with Gasteiger partial charge in [-0.15, -0.1) is 0 Å². The lowest BCUT2D eigenvalue weighted by Gasteiger charge is -2.43. The number of methoxy groups -OCH3 is 1. The van der Waals surface area contributed by atoms with Gasteiger partial charge in [0.05, 0.1) is 19.8 Å². The molecule has 0 aromatic heterocycles. The molecule has 1 fully saturated rings. The second-order valence-electron chi connectivity index (χ2n) is 6.41. The molecule has 0 amide bonds. The van der Waals surface area contributed by atoms with E-state index in [1.165, 1.54) is 5.56 Å². The highest BCUT2D eigenvalue weighted by molar-refractivity contribution is 5.27. The van der Waals surface area contributed by atoms with Gasteiger partial charge in [-0.25, -0.2) is 0 Å². The lowest BCUT2D eigenvalue weighted by Crippen LogP contribution is -2.47. The molecule has 1 aromatic carbocycles. The first-order chi connectivity index (χ1) is 10.6. The van der Waals surface area contributed by atoms with Gasteiger partial charge in [-0.1, -0.05) is 32.4 Å². The Morgan fingerprint density at radius 3 is 2.55 bits per heavy atom. The molecule has 22 heavy (non-hydrogen) atoms. The maximum atomic E-state index is 6.34. The predicted molar refractivity (Wildman–Crippen MR) is 89.2 cm³/mol. The minimum absolute atomic E-state index is 0.338. The van der Waals surface area contributed by atoms with Gasteiger partial charge in [0, 0.05) is 12.3 Å². The van der Waals surface area contributed by atoms with Crippen LogP contribution in [-0.2, 0) is 15.9 Å². The highest BCUT2D eigenvalue weighted by Gasteiger charge is 2.38. The summed E-state index contributed by atoms with van der Waals surface area (Å²) in [5.74, 6) is 0.980. The van der Waals surface area contributed by atoms with E-state index in [1.807, 2.05) is 12.1 Å². The van der Waals surface area contributed by atoms with Gasteiger partial charge >= 0.3 is 0 Å². The molecule has 3 atom stereocenters. The van der Waals surface area contributed by atoms with E-state index in [4.69, 9.17) is 14.2 Å². The summed E-state index contributed by atoms with van der Waals surface area (Å²) in [5, 5.41) is 0. The topological polar surface area (TPSA) is 27.7 Å². The lowest BCUT2D eigenvalue weighted by atomic mass is 9.94. The molecule has 0 N–H and O–H groups in total. The van der Waals surface area contributed by atoms with Crippen molar-refractivity contribution >= 4 is 0 Å². The molecule has 0 spiro atoms. The van der Waals surface area contributed by atoms with Crippen LogP contribution in [-0.4, -0.2) is 25.6 Å². The summed E-state index contributed by atoms with van der Waals surface area (Å²) in [4.78, 5) is 0. The Morgan fingerprint density at radius 2 is 1.95 bits per heavy atom. The Hall–Kier alpha value is -1.06. The molecule has 3 nitrogen and oxygen atoms in total. The molecule has 3 heteroatoms. The minimum Gasteiger partial charge on any atom is -0.497 e. The van der Waals surface area contributed by atoms with E-state index >= 15 is 0 Å². The summed E-state index contributed by atoms with van der Waals surface area (Å²) in [6, 6.07) is 8.24. The van der Waals surface area contributed by atoms with Crippen LogP contribution >= 0.6 is 0 Å². The number of aryl methyl sites for hydroxylation is 1. The van der Waals surface area contributed by atoms with Crippen LogP contribution in [0.15, 0.2) is 24.3 Å². The summed E-state index contributed by atoms with van der Waals surface area (Å²) in [6.45, 7) is 7.35. The summed E-state index contributed by atoms with van der Waals surface area (Å²) in [5.41, 5.74) is 1.29. The van der Waals surface area contributed by atoms with Crippen molar-refractivity contribution in [3.05, 3.63) is 29.8 Å². The van der Waals surface area contributed by atoms with Crippen LogP contribution in [0.5, 0.6) is 5.75 Å². The normalized spacial score (nSPS) is 28.5. The van der Waals surface area contributed by atoms with Crippen LogP contribution in [0.2, 0.25) is 0 Å². The molecule has 0 saturated carbocycles. The molecular weight excluding hydrogens is 276 g/mol. The number of rotatable bonds is 7. The number of hydrogen-bond acceptors (Lipinski definition) is 3. The van der Waals surface area contributed by atoms with Crippen molar-refractivity contribution in [1.82, 2.24) is 0 Å². The average molecular weight is 306 g/mol. The van der Waals surface area contributed by atoms with E-state index in [2.05, 4.69) is 32.9 Å². The summed E-state index contributed by atoms with van der Waals surface area (Å²) >= 11 is 0. The minimum atomic E-state index is -0.453. The van der Waals surface area contributed by atoms with Crippen molar-refractivity contribution in [3.63, 3.8) is 0 Å². The van der Waals surface area contributed by atoms with E-state index in [0.717, 1.165) is 44.5 Å². The van der Waals surface area contributed by atoms with Crippen LogP contribution in [0, 0.1) is 5.92 Å². The van der Waals surface area contributed by atoms with E-state index in [9.17, 15) is 0 Å². The third-order valence-electron chi connectivity index (χ3n) is 4.65. The van der Waals surface area contributed by atoms with Crippen molar-refractivity contribution in [1.29, 1.82) is 0 Å². The highest BCUT2D eigenvalue weighted by Crippen LogP contribution is 2.33. The molecule has 124 valence electrons. The third-order valence-corrected chi connectivity index (χ3v) is 4.65. The Kier molecular flexibility index (Phi) is 6.27. The van der Waals surface area contributed by atoms with Gasteiger partial charge in [0.15, 0.2) is 5.79 Å². The van der Waals surface area contributed by atoms with Crippen LogP contribution in [0.25, 0.3) is 0 Å². The first-order valence-electron chi connectivity index (χ1n) is 8.55. The van der Waals surface area contributed by atoms with Crippen molar-refractivity contribution in [2.75, 3.05) is 13.7 Å². The average Bonchev–Trinajstić information content (AvgIpc) is 2.54. The Bertz CT molecular complexity index is 442. The van der Waals surface area contributed by atoms with E-state index < -0.39 is 5.79 Å². The zero-order chi connectivity index (χ0) is 16.0. The van der Waals surface area contributed by atoms with Gasteiger partial charge < -0.3 is 14.2 Å². The maximum Gasteiger partial charge on any atom is 0.166 e. The second kappa shape index (κ2) is 7.98. The molecule has 0 radical (unpaired) electrons. The van der Waals surface area contributed by atoms with Crippen LogP contribution in [0.4, 0.5) is 0 Å². The van der Waals surface area contributed by atoms with Gasteiger partial charge in [-0.3, -0.25) is 0 Å². The summed E-state index contributed by atoms with van der Waals surface area (Å²) in [7, 11) is 1.69. The number of benzene rings is 1. The quantitative estimate of drug-likeness (QED) is 0.737. The molecule has 1 aromatic rings. The van der Waals surface area contributed by atoms with Crippen LogP contribution in [0.3, 0.4) is 0 Å². The lowest BCUT2D eigenvalue weighted by molar-refractivity contribution is -0.306. The van der Waals surface area contributed by atoms with E-state index in [0.29, 0.717) is 12.0 Å². The van der Waals surface area contributed by atoms with E-state index in [1.54, 1.807) is 7.11 Å². The number of ether oxygens (including phenoxy) is 3. The highest BCUT2D eigenvalue weighted by atomic mass is 16.7. The van der Waals surface area contributed by atoms with Gasteiger partial charge in [0.2, 0.25) is 0 Å². The van der Waals surface area contributed by atoms with Crippen molar-refractivity contribution in [2.24, 2.45) is 5.92 Å². The summed E-state index contributed by atoms with van der Waals surface area (Å²) in [6.07, 6.45) is 5.59. The molecule has 1 aliphatic rings. The standard InChI is InChI=1S/C19H30O3/c1-5-7-18-16(6-2)14-21-19(3,22-18)13-12-15-8-10-17(20-4)11-9-15/h8-11,16,18H,5-7,12-14H2,1-4H3/t16-,18+,19-/m1/s1. The SMILES string of the molecule is CCC[C@@H]1O[C@](C)(CCc2ccc(OC)cc2)OC[C@H]1CC. The molecular formula is C19H30O3. The van der Waals surface area contributed by atoms with Crippen LogP contribution in [0.1, 0.15) is 52.0 Å². The fourth-order valence-corrected chi connectivity index (χ4v) is 3.10. The smallest absolute Gasteiger partial charge is 0.166 e. The Morgan fingerprint density at radius 1 is 1.23 bits per heavy atom. The molecule has 1 heterocycles. The van der Waals surface area contributed by atoms with Gasteiger partial charge in [0.25, 0.3) is 0 Å².